The highest BCUT2D eigenvalue weighted by atomic mass is 32.1. The number of amides is 2. The quantitative estimate of drug-likeness (QED) is 0.846. The fraction of sp³-hybridized carbons (Fsp3) is 0.421. The number of hydrogen-bond donors (Lipinski definition) is 1. The molecule has 2 amide bonds. The van der Waals surface area contributed by atoms with Gasteiger partial charge in [-0.05, 0) is 37.4 Å². The Morgan fingerprint density at radius 1 is 1.38 bits per heavy atom. The molecule has 1 aliphatic rings. The van der Waals surface area contributed by atoms with E-state index in [0.717, 1.165) is 42.8 Å². The van der Waals surface area contributed by atoms with Crippen molar-refractivity contribution >= 4 is 34.0 Å². The Labute approximate surface area is 157 Å². The number of hydrogen-bond acceptors (Lipinski definition) is 5. The molecule has 0 bridgehead atoms. The van der Waals surface area contributed by atoms with Gasteiger partial charge in [0.1, 0.15) is 0 Å². The van der Waals surface area contributed by atoms with Gasteiger partial charge in [-0.15, -0.1) is 11.3 Å². The van der Waals surface area contributed by atoms with Crippen LogP contribution < -0.4 is 10.6 Å². The van der Waals surface area contributed by atoms with Crippen molar-refractivity contribution in [2.24, 2.45) is 5.73 Å². The van der Waals surface area contributed by atoms with Gasteiger partial charge in [-0.25, -0.2) is 4.98 Å². The van der Waals surface area contributed by atoms with Crippen LogP contribution in [-0.4, -0.2) is 34.3 Å². The minimum Gasteiger partial charge on any atom is -0.368 e. The average molecular weight is 372 g/mol. The molecule has 1 aromatic carbocycles. The summed E-state index contributed by atoms with van der Waals surface area (Å²) in [5.74, 6) is -0.344. The maximum atomic E-state index is 12.3. The van der Waals surface area contributed by atoms with Gasteiger partial charge < -0.3 is 5.73 Å². The number of carbonyl (C=O) groups excluding carboxylic acids is 2. The molecule has 2 heterocycles. The number of primary amides is 1. The minimum absolute atomic E-state index is 0.0667. The lowest BCUT2D eigenvalue weighted by molar-refractivity contribution is -0.122. The second-order valence-electron chi connectivity index (χ2n) is 6.49. The van der Waals surface area contributed by atoms with Crippen LogP contribution in [0, 0.1) is 0 Å². The van der Waals surface area contributed by atoms with Crippen LogP contribution in [0.25, 0.3) is 0 Å². The lowest BCUT2D eigenvalue weighted by atomic mass is 10.1. The van der Waals surface area contributed by atoms with Crippen molar-refractivity contribution in [1.82, 2.24) is 9.88 Å². The zero-order valence-electron chi connectivity index (χ0n) is 15.1. The van der Waals surface area contributed by atoms with Crippen molar-refractivity contribution in [3.8, 4) is 0 Å². The molecular weight excluding hydrogens is 348 g/mol. The third kappa shape index (κ3) is 3.78. The van der Waals surface area contributed by atoms with Crippen molar-refractivity contribution in [2.75, 3.05) is 11.4 Å². The van der Waals surface area contributed by atoms with Gasteiger partial charge in [-0.1, -0.05) is 25.1 Å². The zero-order chi connectivity index (χ0) is 18.7. The third-order valence-corrected chi connectivity index (χ3v) is 5.59. The smallest absolute Gasteiger partial charge is 0.234 e. The average Bonchev–Trinajstić information content (AvgIpc) is 3.25. The summed E-state index contributed by atoms with van der Waals surface area (Å²) in [5.41, 5.74) is 8.33. The molecule has 0 saturated carbocycles. The van der Waals surface area contributed by atoms with Crippen molar-refractivity contribution in [2.45, 2.75) is 45.7 Å². The third-order valence-electron chi connectivity index (χ3n) is 4.72. The van der Waals surface area contributed by atoms with Crippen molar-refractivity contribution in [1.29, 1.82) is 0 Å². The van der Waals surface area contributed by atoms with E-state index in [-0.39, 0.29) is 17.9 Å². The molecule has 6 nitrogen and oxygen atoms in total. The Kier molecular flexibility index (Phi) is 5.68. The van der Waals surface area contributed by atoms with E-state index in [1.807, 2.05) is 29.6 Å². The van der Waals surface area contributed by atoms with Crippen LogP contribution in [0.2, 0.25) is 0 Å². The number of rotatable bonds is 6. The molecule has 0 spiro atoms. The van der Waals surface area contributed by atoms with E-state index >= 15 is 0 Å². The summed E-state index contributed by atoms with van der Waals surface area (Å²) in [7, 11) is 0. The van der Waals surface area contributed by atoms with Crippen LogP contribution in [0.15, 0.2) is 29.6 Å². The fourth-order valence-corrected chi connectivity index (χ4v) is 4.32. The van der Waals surface area contributed by atoms with Gasteiger partial charge >= 0.3 is 0 Å². The topological polar surface area (TPSA) is 79.5 Å². The molecule has 1 fully saturated rings. The maximum Gasteiger partial charge on any atom is 0.234 e. The van der Waals surface area contributed by atoms with E-state index in [9.17, 15) is 9.59 Å². The number of aryl methyl sites for hydroxylation is 1. The lowest BCUT2D eigenvalue weighted by Gasteiger charge is -2.22. The molecule has 1 unspecified atom stereocenters. The zero-order valence-corrected chi connectivity index (χ0v) is 16.0. The molecule has 0 radical (unpaired) electrons. The molecule has 3 rings (SSSR count). The van der Waals surface area contributed by atoms with Crippen LogP contribution in [-0.2, 0) is 22.6 Å². The summed E-state index contributed by atoms with van der Waals surface area (Å²) in [6.07, 6.45) is 2.61. The van der Waals surface area contributed by atoms with Crippen LogP contribution >= 0.6 is 11.3 Å². The normalized spacial score (nSPS) is 17.4. The Morgan fingerprint density at radius 2 is 2.15 bits per heavy atom. The summed E-state index contributed by atoms with van der Waals surface area (Å²) in [5, 5.41) is 2.61. The first kappa shape index (κ1) is 18.5. The molecule has 1 atom stereocenters. The first-order chi connectivity index (χ1) is 12.5. The van der Waals surface area contributed by atoms with E-state index in [4.69, 9.17) is 5.73 Å². The first-order valence-electron chi connectivity index (χ1n) is 8.87. The van der Waals surface area contributed by atoms with Gasteiger partial charge in [-0.3, -0.25) is 19.4 Å². The molecule has 2 N–H and O–H groups in total. The molecule has 0 aliphatic carbocycles. The largest absolute Gasteiger partial charge is 0.368 e. The highest BCUT2D eigenvalue weighted by Crippen LogP contribution is 2.32. The second-order valence-corrected chi connectivity index (χ2v) is 7.33. The van der Waals surface area contributed by atoms with Gasteiger partial charge in [0.25, 0.3) is 0 Å². The minimum atomic E-state index is -0.278. The van der Waals surface area contributed by atoms with Crippen molar-refractivity contribution in [3.63, 3.8) is 0 Å². The van der Waals surface area contributed by atoms with E-state index in [1.165, 1.54) is 11.3 Å². The number of carbonyl (C=O) groups is 2. The monoisotopic (exact) mass is 372 g/mol. The van der Waals surface area contributed by atoms with Gasteiger partial charge in [-0.2, -0.15) is 0 Å². The van der Waals surface area contributed by atoms with E-state index in [0.29, 0.717) is 11.7 Å². The summed E-state index contributed by atoms with van der Waals surface area (Å²) >= 11 is 1.44. The van der Waals surface area contributed by atoms with E-state index < -0.39 is 0 Å². The SMILES string of the molecule is CCc1ccccc1N(C(C)=O)c1nc(CN2CCCC2C(N)=O)cs1. The van der Waals surface area contributed by atoms with Crippen LogP contribution in [0.1, 0.15) is 37.9 Å². The summed E-state index contributed by atoms with van der Waals surface area (Å²) in [6, 6.07) is 7.67. The Hall–Kier alpha value is -2.25. The van der Waals surface area contributed by atoms with E-state index in [2.05, 4.69) is 16.8 Å². The predicted molar refractivity (Wildman–Crippen MR) is 103 cm³/mol. The number of nitrogens with zero attached hydrogens (tertiary/aromatic N) is 3. The first-order valence-corrected chi connectivity index (χ1v) is 9.75. The van der Waals surface area contributed by atoms with Gasteiger partial charge in [0, 0.05) is 18.8 Å². The molecule has 1 saturated heterocycles. The number of likely N-dealkylation sites (tertiary alicyclic amines) is 1. The number of para-hydroxylation sites is 1. The second kappa shape index (κ2) is 7.97. The van der Waals surface area contributed by atoms with Crippen molar-refractivity contribution in [3.05, 3.63) is 40.9 Å². The molecule has 26 heavy (non-hydrogen) atoms. The van der Waals surface area contributed by atoms with Gasteiger partial charge in [0.2, 0.25) is 11.8 Å². The number of nitrogens with two attached hydrogens (primary N) is 1. The Balaban J connectivity index is 1.84. The van der Waals surface area contributed by atoms with E-state index in [1.54, 1.807) is 11.8 Å². The maximum absolute atomic E-state index is 12.3. The summed E-state index contributed by atoms with van der Waals surface area (Å²) in [4.78, 5) is 32.3. The van der Waals surface area contributed by atoms with Crippen LogP contribution in [0.3, 0.4) is 0 Å². The van der Waals surface area contributed by atoms with Crippen molar-refractivity contribution < 1.29 is 9.59 Å². The standard InChI is InChI=1S/C19H24N4O2S/c1-3-14-7-4-5-8-16(14)23(13(2)24)19-21-15(12-26-19)11-22-10-6-9-17(22)18(20)25/h4-5,7-8,12,17H,3,6,9-11H2,1-2H3,(H2,20,25). The highest BCUT2D eigenvalue weighted by molar-refractivity contribution is 7.14. The number of anilines is 2. The number of benzene rings is 1. The molecule has 1 aromatic heterocycles. The number of aromatic nitrogens is 1. The molecule has 138 valence electrons. The summed E-state index contributed by atoms with van der Waals surface area (Å²) < 4.78 is 0. The molecular formula is C19H24N4O2S. The summed E-state index contributed by atoms with van der Waals surface area (Å²) in [6.45, 7) is 5.04. The van der Waals surface area contributed by atoms with Crippen LogP contribution in [0.4, 0.5) is 10.8 Å². The van der Waals surface area contributed by atoms with Crippen LogP contribution in [0.5, 0.6) is 0 Å². The highest BCUT2D eigenvalue weighted by Gasteiger charge is 2.29. The van der Waals surface area contributed by atoms with Gasteiger partial charge in [0.05, 0.1) is 17.4 Å². The van der Waals surface area contributed by atoms with Gasteiger partial charge in [0.15, 0.2) is 5.13 Å². The Morgan fingerprint density at radius 3 is 2.85 bits per heavy atom. The fourth-order valence-electron chi connectivity index (χ4n) is 3.45. The molecule has 1 aliphatic heterocycles. The number of thiazole rings is 1. The molecule has 7 heteroatoms. The molecule has 2 aromatic rings. The Bertz CT molecular complexity index is 804. The predicted octanol–water partition coefficient (Wildman–Crippen LogP) is 2.84. The lowest BCUT2D eigenvalue weighted by Crippen LogP contribution is -2.39.